The van der Waals surface area contributed by atoms with Crippen LogP contribution in [0.4, 0.5) is 0 Å². The summed E-state index contributed by atoms with van der Waals surface area (Å²) in [5.74, 6) is 0.668. The maximum absolute atomic E-state index is 12.0. The number of amides is 1. The Morgan fingerprint density at radius 3 is 2.56 bits per heavy atom. The Kier molecular flexibility index (Phi) is 5.28. The highest BCUT2D eigenvalue weighted by molar-refractivity contribution is 8.03. The molecular weight excluding hydrogens is 288 g/mol. The average molecular weight is 304 g/mol. The summed E-state index contributed by atoms with van der Waals surface area (Å²) in [7, 11) is 2.09. The van der Waals surface area contributed by atoms with Gasteiger partial charge >= 0.3 is 0 Å². The summed E-state index contributed by atoms with van der Waals surface area (Å²) in [6, 6.07) is 0. The number of likely N-dealkylation sites (N-methyl/N-ethyl adjacent to an activating group) is 1. The van der Waals surface area contributed by atoms with Crippen LogP contribution in [0.5, 0.6) is 0 Å². The first-order valence-corrected chi connectivity index (χ1v) is 8.68. The number of hydrogen-bond donors (Lipinski definition) is 0. The van der Waals surface area contributed by atoms with Gasteiger partial charge in [-0.3, -0.25) is 4.79 Å². The fourth-order valence-electron chi connectivity index (χ4n) is 1.61. The van der Waals surface area contributed by atoms with Crippen molar-refractivity contribution in [2.75, 3.05) is 45.2 Å². The van der Waals surface area contributed by atoms with E-state index in [2.05, 4.69) is 22.1 Å². The fraction of sp³-hybridized carbons (Fsp3) is 0.700. The minimum Gasteiger partial charge on any atom is -0.339 e. The topological polar surface area (TPSA) is 49.3 Å². The normalized spacial score (nSPS) is 17.1. The summed E-state index contributed by atoms with van der Waals surface area (Å²) >= 11 is 4.62. The van der Waals surface area contributed by atoms with Gasteiger partial charge in [0.2, 0.25) is 5.91 Å². The van der Waals surface area contributed by atoms with Crippen LogP contribution in [0.2, 0.25) is 0 Å². The smallest absolute Gasteiger partial charge is 0.233 e. The zero-order chi connectivity index (χ0) is 13.0. The van der Waals surface area contributed by atoms with Gasteiger partial charge in [0, 0.05) is 26.2 Å². The Balaban J connectivity index is 1.77. The molecule has 1 aromatic rings. The minimum atomic E-state index is 0.203. The molecule has 0 spiro atoms. The number of thioether (sulfide) groups is 2. The highest BCUT2D eigenvalue weighted by atomic mass is 32.2. The Hall–Kier alpha value is -0.310. The molecule has 100 valence electrons. The first-order valence-electron chi connectivity index (χ1n) is 5.65. The van der Waals surface area contributed by atoms with Crippen molar-refractivity contribution < 1.29 is 4.79 Å². The van der Waals surface area contributed by atoms with Crippen molar-refractivity contribution >= 4 is 40.8 Å². The predicted octanol–water partition coefficient (Wildman–Crippen LogP) is 1.13. The lowest BCUT2D eigenvalue weighted by Gasteiger charge is -2.32. The fourth-order valence-corrected chi connectivity index (χ4v) is 3.95. The van der Waals surface area contributed by atoms with Crippen molar-refractivity contribution in [1.29, 1.82) is 0 Å². The van der Waals surface area contributed by atoms with E-state index in [-0.39, 0.29) is 5.91 Å². The highest BCUT2D eigenvalue weighted by Gasteiger charge is 2.19. The molecule has 1 aliphatic heterocycles. The van der Waals surface area contributed by atoms with Gasteiger partial charge in [0.05, 0.1) is 5.75 Å². The lowest BCUT2D eigenvalue weighted by atomic mass is 10.3. The summed E-state index contributed by atoms with van der Waals surface area (Å²) in [5.41, 5.74) is 0. The molecule has 0 aliphatic carbocycles. The van der Waals surface area contributed by atoms with E-state index in [0.29, 0.717) is 5.75 Å². The number of piperazine rings is 1. The van der Waals surface area contributed by atoms with Crippen LogP contribution in [0.25, 0.3) is 0 Å². The second kappa shape index (κ2) is 6.74. The lowest BCUT2D eigenvalue weighted by Crippen LogP contribution is -2.47. The molecule has 0 N–H and O–H groups in total. The molecule has 1 fully saturated rings. The second-order valence-corrected chi connectivity index (χ2v) is 7.26. The minimum absolute atomic E-state index is 0.203. The van der Waals surface area contributed by atoms with Crippen LogP contribution in [-0.2, 0) is 4.79 Å². The first kappa shape index (κ1) is 14.1. The van der Waals surface area contributed by atoms with E-state index in [4.69, 9.17) is 0 Å². The maximum Gasteiger partial charge on any atom is 0.233 e. The van der Waals surface area contributed by atoms with Crippen molar-refractivity contribution in [3.05, 3.63) is 0 Å². The van der Waals surface area contributed by atoms with Crippen LogP contribution in [0.15, 0.2) is 8.68 Å². The van der Waals surface area contributed by atoms with E-state index in [9.17, 15) is 4.79 Å². The van der Waals surface area contributed by atoms with Crippen molar-refractivity contribution in [1.82, 2.24) is 20.0 Å². The maximum atomic E-state index is 12.0. The molecule has 2 rings (SSSR count). The molecule has 0 unspecified atom stereocenters. The molecule has 2 heterocycles. The largest absolute Gasteiger partial charge is 0.339 e. The molecule has 5 nitrogen and oxygen atoms in total. The molecule has 0 radical (unpaired) electrons. The van der Waals surface area contributed by atoms with E-state index < -0.39 is 0 Å². The third kappa shape index (κ3) is 3.84. The van der Waals surface area contributed by atoms with Crippen LogP contribution in [0.3, 0.4) is 0 Å². The zero-order valence-electron chi connectivity index (χ0n) is 10.5. The summed E-state index contributed by atoms with van der Waals surface area (Å²) in [6.45, 7) is 3.60. The highest BCUT2D eigenvalue weighted by Crippen LogP contribution is 2.27. The number of nitrogens with zero attached hydrogens (tertiary/aromatic N) is 4. The molecule has 1 amide bonds. The summed E-state index contributed by atoms with van der Waals surface area (Å²) in [5, 5.41) is 8.06. The molecule has 0 saturated carbocycles. The van der Waals surface area contributed by atoms with Gasteiger partial charge in [-0.05, 0) is 13.3 Å². The Labute approximate surface area is 119 Å². The number of rotatable bonds is 4. The number of carbonyl (C=O) groups excluding carboxylic acids is 1. The van der Waals surface area contributed by atoms with Crippen LogP contribution >= 0.6 is 34.9 Å². The monoisotopic (exact) mass is 304 g/mol. The standard InChI is InChI=1S/C10H16N4OS3/c1-13-3-5-14(6-4-13)8(15)7-17-10-12-11-9(16-2)18-10/h3-7H2,1-2H3. The predicted molar refractivity (Wildman–Crippen MR) is 76.5 cm³/mol. The van der Waals surface area contributed by atoms with E-state index in [0.717, 1.165) is 34.9 Å². The van der Waals surface area contributed by atoms with Crippen LogP contribution < -0.4 is 0 Å². The quantitative estimate of drug-likeness (QED) is 0.777. The molecule has 0 bridgehead atoms. The van der Waals surface area contributed by atoms with Crippen LogP contribution in [-0.4, -0.2) is 71.1 Å². The molecule has 0 aromatic carbocycles. The van der Waals surface area contributed by atoms with Gasteiger partial charge in [0.15, 0.2) is 8.68 Å². The van der Waals surface area contributed by atoms with Gasteiger partial charge in [-0.2, -0.15) is 0 Å². The lowest BCUT2D eigenvalue weighted by molar-refractivity contribution is -0.129. The van der Waals surface area contributed by atoms with Crippen molar-refractivity contribution in [2.45, 2.75) is 8.68 Å². The average Bonchev–Trinajstić information content (AvgIpc) is 2.85. The van der Waals surface area contributed by atoms with Crippen molar-refractivity contribution in [3.63, 3.8) is 0 Å². The SMILES string of the molecule is CSc1nnc(SCC(=O)N2CCN(C)CC2)s1. The number of carbonyl (C=O) groups is 1. The molecule has 8 heteroatoms. The molecule has 1 saturated heterocycles. The van der Waals surface area contributed by atoms with E-state index in [1.165, 1.54) is 11.8 Å². The Morgan fingerprint density at radius 1 is 1.28 bits per heavy atom. The molecule has 18 heavy (non-hydrogen) atoms. The van der Waals surface area contributed by atoms with Gasteiger partial charge < -0.3 is 9.80 Å². The number of hydrogen-bond acceptors (Lipinski definition) is 7. The molecule has 0 atom stereocenters. The van der Waals surface area contributed by atoms with E-state index in [1.54, 1.807) is 23.1 Å². The molecule has 1 aromatic heterocycles. The van der Waals surface area contributed by atoms with E-state index in [1.807, 2.05) is 11.2 Å². The second-order valence-electron chi connectivity index (χ2n) is 4.01. The van der Waals surface area contributed by atoms with Crippen LogP contribution in [0, 0.1) is 0 Å². The van der Waals surface area contributed by atoms with Gasteiger partial charge in [0.25, 0.3) is 0 Å². The number of aromatic nitrogens is 2. The van der Waals surface area contributed by atoms with Gasteiger partial charge in [-0.1, -0.05) is 34.9 Å². The van der Waals surface area contributed by atoms with Gasteiger partial charge in [-0.25, -0.2) is 0 Å². The van der Waals surface area contributed by atoms with E-state index >= 15 is 0 Å². The third-order valence-electron chi connectivity index (χ3n) is 2.74. The molecular formula is C10H16N4OS3. The Bertz CT molecular complexity index is 404. The van der Waals surface area contributed by atoms with Gasteiger partial charge in [0.1, 0.15) is 0 Å². The van der Waals surface area contributed by atoms with Crippen molar-refractivity contribution in [2.24, 2.45) is 0 Å². The Morgan fingerprint density at radius 2 is 1.94 bits per heavy atom. The summed E-state index contributed by atoms with van der Waals surface area (Å²) in [4.78, 5) is 16.2. The third-order valence-corrected chi connectivity index (χ3v) is 5.75. The molecule has 1 aliphatic rings. The first-order chi connectivity index (χ1) is 8.69. The van der Waals surface area contributed by atoms with Crippen molar-refractivity contribution in [3.8, 4) is 0 Å². The summed E-state index contributed by atoms with van der Waals surface area (Å²) in [6.07, 6.45) is 1.98. The van der Waals surface area contributed by atoms with Crippen LogP contribution in [0.1, 0.15) is 0 Å². The summed E-state index contributed by atoms with van der Waals surface area (Å²) < 4.78 is 1.83. The zero-order valence-corrected chi connectivity index (χ0v) is 12.9. The van der Waals surface area contributed by atoms with Gasteiger partial charge in [-0.15, -0.1) is 10.2 Å².